The van der Waals surface area contributed by atoms with Crippen LogP contribution in [0.25, 0.3) is 0 Å². The van der Waals surface area contributed by atoms with Crippen molar-refractivity contribution in [1.29, 1.82) is 0 Å². The first-order valence-corrected chi connectivity index (χ1v) is 28.0. The van der Waals surface area contributed by atoms with Gasteiger partial charge in [-0.15, -0.1) is 0 Å². The van der Waals surface area contributed by atoms with Crippen LogP contribution in [0.2, 0.25) is 0 Å². The smallest absolute Gasteiger partial charge is 0.187 e. The average Bonchev–Trinajstić information content (AvgIpc) is 2.93. The van der Waals surface area contributed by atoms with Crippen LogP contribution in [0, 0.1) is 45.3 Å². The van der Waals surface area contributed by atoms with Gasteiger partial charge in [0.2, 0.25) is 0 Å². The van der Waals surface area contributed by atoms with Crippen molar-refractivity contribution >= 4 is 0 Å². The summed E-state index contributed by atoms with van der Waals surface area (Å²) in [7, 11) is 0. The Labute approximate surface area is 455 Å². The van der Waals surface area contributed by atoms with Gasteiger partial charge in [-0.2, -0.15) is 0 Å². The molecule has 8 rings (SSSR count). The highest BCUT2D eigenvalue weighted by Gasteiger charge is 2.70. The van der Waals surface area contributed by atoms with E-state index in [1.165, 1.54) is 0 Å². The van der Waals surface area contributed by atoms with E-state index in [0.29, 0.717) is 32.1 Å². The molecule has 0 radical (unpaired) electrons. The molecule has 30 atom stereocenters. The normalized spacial score (nSPS) is 51.4. The van der Waals surface area contributed by atoms with E-state index in [-0.39, 0.29) is 40.9 Å². The van der Waals surface area contributed by atoms with Gasteiger partial charge in [0.25, 0.3) is 0 Å². The summed E-state index contributed by atoms with van der Waals surface area (Å²) in [6, 6.07) is 0. The van der Waals surface area contributed by atoms with Gasteiger partial charge in [-0.25, -0.2) is 0 Å². The molecule has 4 saturated heterocycles. The molecular weight excluding hydrogens is 1030 g/mol. The van der Waals surface area contributed by atoms with Crippen LogP contribution in [0.5, 0.6) is 0 Å². The Bertz CT molecular complexity index is 2030. The Morgan fingerprint density at radius 3 is 1.65 bits per heavy atom. The maximum absolute atomic E-state index is 12.7. The van der Waals surface area contributed by atoms with Crippen LogP contribution in [0.15, 0.2) is 11.6 Å². The van der Waals surface area contributed by atoms with Crippen LogP contribution in [-0.2, 0) is 37.9 Å². The van der Waals surface area contributed by atoms with Crippen molar-refractivity contribution in [3.63, 3.8) is 0 Å². The van der Waals surface area contributed by atoms with Gasteiger partial charge in [-0.1, -0.05) is 53.2 Å². The summed E-state index contributed by atoms with van der Waals surface area (Å²) in [6.45, 7) is 13.6. The van der Waals surface area contributed by atoms with Crippen molar-refractivity contribution < 1.29 is 120 Å². The van der Waals surface area contributed by atoms with Gasteiger partial charge in [-0.05, 0) is 99.7 Å². The third-order valence-corrected chi connectivity index (χ3v) is 20.8. The zero-order chi connectivity index (χ0) is 57.5. The first kappa shape index (κ1) is 62.8. The second-order valence-corrected chi connectivity index (χ2v) is 25.9. The number of aliphatic hydroxyl groups is 16. The molecule has 16 N–H and O–H groups in total. The fourth-order valence-corrected chi connectivity index (χ4v) is 15.6. The molecule has 0 aromatic rings. The quantitative estimate of drug-likeness (QED) is 0.0637. The zero-order valence-electron chi connectivity index (χ0n) is 46.1. The molecule has 24 nitrogen and oxygen atoms in total. The minimum Gasteiger partial charge on any atom is -0.394 e. The topological polar surface area (TPSA) is 398 Å². The second-order valence-electron chi connectivity index (χ2n) is 25.9. The predicted molar refractivity (Wildman–Crippen MR) is 268 cm³/mol. The van der Waals surface area contributed by atoms with Gasteiger partial charge in [0.15, 0.2) is 25.2 Å². The first-order valence-electron chi connectivity index (χ1n) is 28.0. The molecule has 8 aliphatic rings. The Hall–Kier alpha value is -1.22. The summed E-state index contributed by atoms with van der Waals surface area (Å²) in [6.07, 6.45) is -26.9. The lowest BCUT2D eigenvalue weighted by atomic mass is 9.38. The molecule has 0 bridgehead atoms. The maximum atomic E-state index is 12.7. The van der Waals surface area contributed by atoms with E-state index in [2.05, 4.69) is 47.6 Å². The van der Waals surface area contributed by atoms with Gasteiger partial charge in [-0.3, -0.25) is 0 Å². The highest BCUT2D eigenvalue weighted by molar-refractivity contribution is 5.32. The van der Waals surface area contributed by atoms with Crippen LogP contribution in [-0.4, -0.2) is 255 Å². The monoisotopic (exact) mass is 1120 g/mol. The van der Waals surface area contributed by atoms with Gasteiger partial charge >= 0.3 is 0 Å². The first-order chi connectivity index (χ1) is 36.4. The molecule has 4 heterocycles. The highest BCUT2D eigenvalue weighted by Crippen LogP contribution is 2.75. The lowest BCUT2D eigenvalue weighted by Crippen LogP contribution is -2.65. The summed E-state index contributed by atoms with van der Waals surface area (Å²) in [5, 5.41) is 172. The van der Waals surface area contributed by atoms with E-state index >= 15 is 0 Å². The number of fused-ring (bicyclic) bond motifs is 5. The van der Waals surface area contributed by atoms with Crippen molar-refractivity contribution in [2.75, 3.05) is 26.4 Å². The molecule has 0 aromatic carbocycles. The summed E-state index contributed by atoms with van der Waals surface area (Å²) in [5.41, 5.74) is -2.12. The Morgan fingerprint density at radius 2 is 1.09 bits per heavy atom. The van der Waals surface area contributed by atoms with E-state index in [0.717, 1.165) is 18.4 Å². The van der Waals surface area contributed by atoms with Crippen molar-refractivity contribution in [1.82, 2.24) is 0 Å². The van der Waals surface area contributed by atoms with E-state index in [9.17, 15) is 81.7 Å². The van der Waals surface area contributed by atoms with Crippen molar-refractivity contribution in [3.05, 3.63) is 11.6 Å². The SMILES string of the molecule is CC(CCC(O[C@@H]1O[C@H](CO)[C@@H](O)[C@H](O)[C@H]1O[C@@H]1O[C@H](CO)[C@@H](O)[C@H](O)[C@H]1O)C(C)(C)O)C1CC[C@@]2(C)C3CC=C4C(CCC(O[C@@H]5O[C@H](CO[C@@H]6O[C@H](CO)[C@@H](O)[C@H](O)[C@H]6O)[C@@H](O)[C@H](O)[C@H]5O)C4(C)C)C3(C)[C@H](O)CC12C. The van der Waals surface area contributed by atoms with E-state index in [1.54, 1.807) is 13.8 Å². The van der Waals surface area contributed by atoms with Gasteiger partial charge in [0.1, 0.15) is 97.7 Å². The fourth-order valence-electron chi connectivity index (χ4n) is 15.6. The van der Waals surface area contributed by atoms with E-state index in [1.807, 2.05) is 0 Å². The molecular formula is C54H92O24. The van der Waals surface area contributed by atoms with E-state index in [4.69, 9.17) is 37.9 Å². The standard InChI is InChI=1S/C54H92O24/c1-22(9-13-33(51(4,5)70)77-49-45(41(66)36(61)28(20-57)74-49)78-48-44(69)39(64)35(60)27(19-56)73-48)23-15-16-52(6)30-12-10-24-25(54(30,8)31(58)17-53(23,52)7)11-14-32(50(24,2)3)76-47-43(68)40(65)37(62)29(75-47)21-71-46-42(67)38(63)34(59)26(18-55)72-46/h10,22-23,25-49,55-70H,9,11-21H2,1-8H3/t22?,23?,25?,26-,27-,28-,29-,30?,31-,32?,33?,34-,35-,36-,37-,38+,39+,40+,41+,42-,43-,44-,45-,46-,47+,48+,49+,52+,53?,54?/m1/s1. The lowest BCUT2D eigenvalue weighted by molar-refractivity contribution is -0.375. The van der Waals surface area contributed by atoms with Gasteiger partial charge in [0.05, 0.1) is 50.3 Å². The van der Waals surface area contributed by atoms with Crippen LogP contribution >= 0.6 is 0 Å². The van der Waals surface area contributed by atoms with Gasteiger partial charge in [0, 0.05) is 10.8 Å². The molecule has 3 saturated carbocycles. The summed E-state index contributed by atoms with van der Waals surface area (Å²) >= 11 is 0. The molecule has 4 aliphatic heterocycles. The van der Waals surface area contributed by atoms with Crippen molar-refractivity contribution in [3.8, 4) is 0 Å². The summed E-state index contributed by atoms with van der Waals surface area (Å²) < 4.78 is 47.5. The van der Waals surface area contributed by atoms with Crippen LogP contribution in [0.1, 0.15) is 107 Å². The third kappa shape index (κ3) is 11.0. The van der Waals surface area contributed by atoms with Crippen LogP contribution in [0.4, 0.5) is 0 Å². The summed E-state index contributed by atoms with van der Waals surface area (Å²) in [5.74, 6) is 0.236. The predicted octanol–water partition coefficient (Wildman–Crippen LogP) is -3.23. The Balaban J connectivity index is 0.940. The molecule has 0 aromatic heterocycles. The minimum absolute atomic E-state index is 0.0338. The number of hydrogen-bond acceptors (Lipinski definition) is 24. The largest absolute Gasteiger partial charge is 0.394 e. The molecule has 24 heteroatoms. The Morgan fingerprint density at radius 1 is 0.590 bits per heavy atom. The molecule has 78 heavy (non-hydrogen) atoms. The van der Waals surface area contributed by atoms with E-state index < -0.39 is 184 Å². The Kier molecular flexibility index (Phi) is 19.1. The minimum atomic E-state index is -1.85. The maximum Gasteiger partial charge on any atom is 0.187 e. The highest BCUT2D eigenvalue weighted by atomic mass is 16.8. The number of hydrogen-bond donors (Lipinski definition) is 16. The lowest BCUT2D eigenvalue weighted by Gasteiger charge is -2.67. The molecule has 0 amide bonds. The fraction of sp³-hybridized carbons (Fsp3) is 0.963. The molecule has 0 spiro atoms. The number of allylic oxidation sites excluding steroid dienone is 1. The van der Waals surface area contributed by atoms with Crippen molar-refractivity contribution in [2.24, 2.45) is 45.3 Å². The molecule has 4 aliphatic carbocycles. The zero-order valence-corrected chi connectivity index (χ0v) is 46.1. The molecule has 8 unspecified atom stereocenters. The average molecular weight is 1130 g/mol. The molecule has 7 fully saturated rings. The molecule has 452 valence electrons. The summed E-state index contributed by atoms with van der Waals surface area (Å²) in [4.78, 5) is 0. The van der Waals surface area contributed by atoms with Crippen molar-refractivity contribution in [2.45, 2.75) is 253 Å². The number of aliphatic hydroxyl groups excluding tert-OH is 15. The second kappa shape index (κ2) is 23.7. The number of ether oxygens (including phenoxy) is 8. The number of rotatable bonds is 17. The third-order valence-electron chi connectivity index (χ3n) is 20.8. The van der Waals surface area contributed by atoms with Crippen LogP contribution < -0.4 is 0 Å². The van der Waals surface area contributed by atoms with Gasteiger partial charge < -0.3 is 120 Å². The van der Waals surface area contributed by atoms with Crippen LogP contribution in [0.3, 0.4) is 0 Å².